The van der Waals surface area contributed by atoms with Gasteiger partial charge in [0, 0.05) is 11.1 Å². The number of rotatable bonds is 2. The lowest BCUT2D eigenvalue weighted by Gasteiger charge is -2.43. The van der Waals surface area contributed by atoms with Gasteiger partial charge in [-0.3, -0.25) is 0 Å². The largest absolute Gasteiger partial charge is 0.325 e. The molecule has 0 atom stereocenters. The summed E-state index contributed by atoms with van der Waals surface area (Å²) in [7, 11) is 0. The van der Waals surface area contributed by atoms with Gasteiger partial charge in [0.2, 0.25) is 0 Å². The summed E-state index contributed by atoms with van der Waals surface area (Å²) in [5.74, 6) is 0. The Morgan fingerprint density at radius 3 is 1.25 bits per heavy atom. The zero-order valence-electron chi connectivity index (χ0n) is 10.3. The second-order valence-electron chi connectivity index (χ2n) is 6.02. The maximum absolute atomic E-state index is 6.50. The van der Waals surface area contributed by atoms with Gasteiger partial charge >= 0.3 is 0 Å². The van der Waals surface area contributed by atoms with Gasteiger partial charge in [0.25, 0.3) is 0 Å². The van der Waals surface area contributed by atoms with Crippen LogP contribution in [0.25, 0.3) is 0 Å². The average Bonchev–Trinajstić information content (AvgIpc) is 2.18. The van der Waals surface area contributed by atoms with E-state index in [0.717, 1.165) is 6.42 Å². The highest BCUT2D eigenvalue weighted by Crippen LogP contribution is 2.37. The Hall–Kier alpha value is 0.210. The molecular formula is C13H27ClN2. The molecule has 0 bridgehead atoms. The maximum Gasteiger partial charge on any atom is 0.0171 e. The summed E-state index contributed by atoms with van der Waals surface area (Å²) in [6, 6.07) is 0. The maximum atomic E-state index is 6.50. The topological polar surface area (TPSA) is 52.0 Å². The summed E-state index contributed by atoms with van der Waals surface area (Å²) in [6.07, 6.45) is 13.9. The molecule has 0 heterocycles. The lowest BCUT2D eigenvalue weighted by molar-refractivity contribution is 0.178. The zero-order chi connectivity index (χ0) is 10.8. The van der Waals surface area contributed by atoms with E-state index >= 15 is 0 Å². The normalized spacial score (nSPS) is 28.1. The molecule has 2 aliphatic carbocycles. The summed E-state index contributed by atoms with van der Waals surface area (Å²) < 4.78 is 0. The van der Waals surface area contributed by atoms with Gasteiger partial charge in [-0.05, 0) is 32.1 Å². The first-order valence-corrected chi connectivity index (χ1v) is 6.70. The first kappa shape index (κ1) is 14.3. The fourth-order valence-electron chi connectivity index (χ4n) is 3.57. The van der Waals surface area contributed by atoms with Crippen LogP contribution >= 0.6 is 12.4 Å². The van der Waals surface area contributed by atoms with Crippen molar-refractivity contribution in [1.29, 1.82) is 0 Å². The zero-order valence-corrected chi connectivity index (χ0v) is 11.2. The molecule has 0 aromatic rings. The highest BCUT2D eigenvalue weighted by atomic mass is 35.5. The Labute approximate surface area is 106 Å². The molecule has 0 aromatic heterocycles. The van der Waals surface area contributed by atoms with Crippen LogP contribution in [0.3, 0.4) is 0 Å². The molecule has 0 saturated heterocycles. The Balaban J connectivity index is 0.00000128. The number of hydrogen-bond acceptors (Lipinski definition) is 2. The van der Waals surface area contributed by atoms with Crippen LogP contribution in [0.5, 0.6) is 0 Å². The number of hydrogen-bond donors (Lipinski definition) is 2. The molecule has 0 aliphatic heterocycles. The summed E-state index contributed by atoms with van der Waals surface area (Å²) in [5.41, 5.74) is 13.1. The van der Waals surface area contributed by atoms with Crippen LogP contribution in [0.4, 0.5) is 0 Å². The van der Waals surface area contributed by atoms with Gasteiger partial charge in [-0.2, -0.15) is 0 Å². The van der Waals surface area contributed by atoms with Crippen LogP contribution in [0.1, 0.15) is 70.6 Å². The number of halogens is 1. The second kappa shape index (κ2) is 5.70. The van der Waals surface area contributed by atoms with E-state index in [0.29, 0.717) is 0 Å². The predicted octanol–water partition coefficient (Wildman–Crippen LogP) is 3.12. The van der Waals surface area contributed by atoms with Crippen LogP contribution in [0.15, 0.2) is 0 Å². The molecule has 0 unspecified atom stereocenters. The smallest absolute Gasteiger partial charge is 0.0171 e. The SMILES string of the molecule is Cl.NC1(CC2(N)CCCCC2)CCCCC1. The van der Waals surface area contributed by atoms with Gasteiger partial charge in [-0.1, -0.05) is 38.5 Å². The quantitative estimate of drug-likeness (QED) is 0.787. The summed E-state index contributed by atoms with van der Waals surface area (Å²) in [5, 5.41) is 0. The predicted molar refractivity (Wildman–Crippen MR) is 71.9 cm³/mol. The first-order valence-electron chi connectivity index (χ1n) is 6.70. The van der Waals surface area contributed by atoms with Crippen LogP contribution in [-0.4, -0.2) is 11.1 Å². The molecule has 0 spiro atoms. The average molecular weight is 247 g/mol. The molecule has 2 rings (SSSR count). The van der Waals surface area contributed by atoms with Crippen molar-refractivity contribution in [2.24, 2.45) is 11.5 Å². The standard InChI is InChI=1S/C13H26N2.ClH/c14-12(7-3-1-4-8-12)11-13(15)9-5-2-6-10-13;/h1-11,14-15H2;1H. The Morgan fingerprint density at radius 1 is 0.625 bits per heavy atom. The summed E-state index contributed by atoms with van der Waals surface area (Å²) in [6.45, 7) is 0. The van der Waals surface area contributed by atoms with Gasteiger partial charge in [-0.15, -0.1) is 12.4 Å². The Bertz CT molecular complexity index is 184. The van der Waals surface area contributed by atoms with Gasteiger partial charge < -0.3 is 11.5 Å². The lowest BCUT2D eigenvalue weighted by Crippen LogP contribution is -2.53. The van der Waals surface area contributed by atoms with Crippen LogP contribution in [0.2, 0.25) is 0 Å². The fraction of sp³-hybridized carbons (Fsp3) is 1.00. The minimum Gasteiger partial charge on any atom is -0.325 e. The van der Waals surface area contributed by atoms with Crippen molar-refractivity contribution in [3.05, 3.63) is 0 Å². The highest BCUT2D eigenvalue weighted by Gasteiger charge is 2.37. The summed E-state index contributed by atoms with van der Waals surface area (Å²) >= 11 is 0. The molecule has 3 heteroatoms. The number of nitrogens with two attached hydrogens (primary N) is 2. The van der Waals surface area contributed by atoms with Gasteiger partial charge in [0.05, 0.1) is 0 Å². The molecule has 0 radical (unpaired) electrons. The minimum atomic E-state index is 0. The van der Waals surface area contributed by atoms with Crippen LogP contribution < -0.4 is 11.5 Å². The Kier molecular flexibility index (Phi) is 5.09. The summed E-state index contributed by atoms with van der Waals surface area (Å²) in [4.78, 5) is 0. The van der Waals surface area contributed by atoms with Crippen molar-refractivity contribution in [1.82, 2.24) is 0 Å². The lowest BCUT2D eigenvalue weighted by atomic mass is 9.69. The molecule has 96 valence electrons. The highest BCUT2D eigenvalue weighted by molar-refractivity contribution is 5.85. The van der Waals surface area contributed by atoms with Gasteiger partial charge in [0.15, 0.2) is 0 Å². The van der Waals surface area contributed by atoms with Crippen molar-refractivity contribution >= 4 is 12.4 Å². The molecule has 2 aliphatic rings. The molecule has 16 heavy (non-hydrogen) atoms. The molecule has 2 nitrogen and oxygen atoms in total. The third-order valence-corrected chi connectivity index (χ3v) is 4.40. The van der Waals surface area contributed by atoms with Crippen molar-refractivity contribution in [3.8, 4) is 0 Å². The molecule has 0 aromatic carbocycles. The Morgan fingerprint density at radius 2 is 0.938 bits per heavy atom. The van der Waals surface area contributed by atoms with Crippen LogP contribution in [0, 0.1) is 0 Å². The van der Waals surface area contributed by atoms with E-state index in [4.69, 9.17) is 11.5 Å². The van der Waals surface area contributed by atoms with E-state index in [1.807, 2.05) is 0 Å². The van der Waals surface area contributed by atoms with E-state index in [-0.39, 0.29) is 23.5 Å². The van der Waals surface area contributed by atoms with Crippen LogP contribution in [-0.2, 0) is 0 Å². The van der Waals surface area contributed by atoms with E-state index in [1.165, 1.54) is 64.2 Å². The van der Waals surface area contributed by atoms with Crippen molar-refractivity contribution < 1.29 is 0 Å². The fourth-order valence-corrected chi connectivity index (χ4v) is 3.57. The van der Waals surface area contributed by atoms with Crippen molar-refractivity contribution in [3.63, 3.8) is 0 Å². The monoisotopic (exact) mass is 246 g/mol. The van der Waals surface area contributed by atoms with Crippen molar-refractivity contribution in [2.75, 3.05) is 0 Å². The van der Waals surface area contributed by atoms with E-state index in [1.54, 1.807) is 0 Å². The van der Waals surface area contributed by atoms with E-state index in [9.17, 15) is 0 Å². The minimum absolute atomic E-state index is 0. The third-order valence-electron chi connectivity index (χ3n) is 4.40. The van der Waals surface area contributed by atoms with Gasteiger partial charge in [-0.25, -0.2) is 0 Å². The van der Waals surface area contributed by atoms with Crippen molar-refractivity contribution in [2.45, 2.75) is 81.7 Å². The van der Waals surface area contributed by atoms with Gasteiger partial charge in [0.1, 0.15) is 0 Å². The molecule has 0 amide bonds. The first-order chi connectivity index (χ1) is 7.12. The molecule has 2 saturated carbocycles. The molecule has 4 N–H and O–H groups in total. The second-order valence-corrected chi connectivity index (χ2v) is 6.02. The third kappa shape index (κ3) is 3.61. The van der Waals surface area contributed by atoms with E-state index in [2.05, 4.69) is 0 Å². The van der Waals surface area contributed by atoms with E-state index < -0.39 is 0 Å². The molecule has 2 fully saturated rings. The molecular weight excluding hydrogens is 220 g/mol.